The third-order valence-corrected chi connectivity index (χ3v) is 4.99. The molecule has 1 aliphatic rings. The van der Waals surface area contributed by atoms with E-state index >= 15 is 0 Å². The second-order valence-corrected chi connectivity index (χ2v) is 7.48. The number of carbonyl (C=O) groups is 1. The maximum Gasteiger partial charge on any atom is 0.323 e. The first-order valence-electron chi connectivity index (χ1n) is 10.2. The summed E-state index contributed by atoms with van der Waals surface area (Å²) in [6, 6.07) is 16.9. The Balaban J connectivity index is 1.18. The highest BCUT2D eigenvalue weighted by atomic mass is 16.7. The number of carbonyl (C=O) groups excluding carboxylic acids is 1. The van der Waals surface area contributed by atoms with Crippen LogP contribution in [0.3, 0.4) is 0 Å². The van der Waals surface area contributed by atoms with Gasteiger partial charge in [-0.25, -0.2) is 9.78 Å². The van der Waals surface area contributed by atoms with Crippen LogP contribution in [0.2, 0.25) is 0 Å². The highest BCUT2D eigenvalue weighted by molar-refractivity contribution is 5.99. The lowest BCUT2D eigenvalue weighted by Gasteiger charge is -2.10. The van der Waals surface area contributed by atoms with Gasteiger partial charge in [-0.15, -0.1) is 0 Å². The van der Waals surface area contributed by atoms with Crippen molar-refractivity contribution in [3.8, 4) is 17.2 Å². The molecule has 2 amide bonds. The van der Waals surface area contributed by atoms with E-state index in [9.17, 15) is 9.59 Å². The van der Waals surface area contributed by atoms with Crippen molar-refractivity contribution in [1.29, 1.82) is 0 Å². The molecule has 3 heterocycles. The first-order valence-corrected chi connectivity index (χ1v) is 10.2. The van der Waals surface area contributed by atoms with Crippen molar-refractivity contribution in [2.75, 3.05) is 17.4 Å². The van der Waals surface area contributed by atoms with Crippen LogP contribution in [0.1, 0.15) is 11.3 Å². The van der Waals surface area contributed by atoms with E-state index in [1.54, 1.807) is 54.7 Å². The first kappa shape index (κ1) is 20.4. The number of pyridine rings is 1. The van der Waals surface area contributed by atoms with Crippen LogP contribution in [-0.2, 0) is 6.61 Å². The van der Waals surface area contributed by atoms with Crippen molar-refractivity contribution in [2.24, 2.45) is 0 Å². The van der Waals surface area contributed by atoms with Gasteiger partial charge in [-0.3, -0.25) is 9.20 Å². The van der Waals surface area contributed by atoms with Crippen LogP contribution < -0.4 is 30.4 Å². The van der Waals surface area contributed by atoms with Crippen molar-refractivity contribution >= 4 is 23.1 Å². The third-order valence-electron chi connectivity index (χ3n) is 4.99. The number of amides is 2. The highest BCUT2D eigenvalue weighted by Gasteiger charge is 2.14. The lowest BCUT2D eigenvalue weighted by Crippen LogP contribution is -2.19. The van der Waals surface area contributed by atoms with Gasteiger partial charge in [0.1, 0.15) is 18.0 Å². The fraction of sp³-hybridized carbons (Fsp3) is 0.125. The van der Waals surface area contributed by atoms with Crippen LogP contribution in [0, 0.1) is 6.92 Å². The number of hydrogen-bond donors (Lipinski definition) is 2. The van der Waals surface area contributed by atoms with Gasteiger partial charge in [0.25, 0.3) is 5.56 Å². The van der Waals surface area contributed by atoms with E-state index in [0.29, 0.717) is 40.0 Å². The van der Waals surface area contributed by atoms with Crippen molar-refractivity contribution in [3.63, 3.8) is 0 Å². The SMILES string of the molecule is Cc1ccc2nc(COc3ccc(NC(=O)Nc4ccc5c(c4)OCO5)cc3)cc(=O)n2c1. The Labute approximate surface area is 188 Å². The topological polar surface area (TPSA) is 103 Å². The van der Waals surface area contributed by atoms with Gasteiger partial charge in [0.15, 0.2) is 11.5 Å². The molecular weight excluding hydrogens is 424 g/mol. The summed E-state index contributed by atoms with van der Waals surface area (Å²) in [6.45, 7) is 2.24. The number of aryl methyl sites for hydroxylation is 1. The maximum absolute atomic E-state index is 12.3. The summed E-state index contributed by atoms with van der Waals surface area (Å²) in [6.07, 6.45) is 1.75. The molecule has 0 aliphatic carbocycles. The monoisotopic (exact) mass is 444 g/mol. The number of ether oxygens (including phenoxy) is 3. The largest absolute Gasteiger partial charge is 0.487 e. The smallest absolute Gasteiger partial charge is 0.323 e. The molecule has 166 valence electrons. The molecule has 0 bridgehead atoms. The zero-order valence-electron chi connectivity index (χ0n) is 17.7. The first-order chi connectivity index (χ1) is 16.0. The fourth-order valence-electron chi connectivity index (χ4n) is 3.39. The van der Waals surface area contributed by atoms with Gasteiger partial charge in [0.2, 0.25) is 6.79 Å². The van der Waals surface area contributed by atoms with Crippen LogP contribution in [-0.4, -0.2) is 22.2 Å². The highest BCUT2D eigenvalue weighted by Crippen LogP contribution is 2.34. The molecule has 2 aromatic heterocycles. The van der Waals surface area contributed by atoms with Crippen LogP contribution in [0.15, 0.2) is 71.7 Å². The fourth-order valence-corrected chi connectivity index (χ4v) is 3.39. The number of urea groups is 1. The average molecular weight is 444 g/mol. The number of anilines is 2. The summed E-state index contributed by atoms with van der Waals surface area (Å²) < 4.78 is 17.8. The number of benzene rings is 2. The quantitative estimate of drug-likeness (QED) is 0.483. The second-order valence-electron chi connectivity index (χ2n) is 7.48. The van der Waals surface area contributed by atoms with E-state index in [1.165, 1.54) is 10.5 Å². The van der Waals surface area contributed by atoms with Crippen LogP contribution >= 0.6 is 0 Å². The third kappa shape index (κ3) is 4.57. The lowest BCUT2D eigenvalue weighted by molar-refractivity contribution is 0.174. The van der Waals surface area contributed by atoms with Gasteiger partial charge in [0, 0.05) is 29.7 Å². The van der Waals surface area contributed by atoms with Crippen molar-refractivity contribution in [1.82, 2.24) is 9.38 Å². The Morgan fingerprint density at radius 2 is 1.76 bits per heavy atom. The molecule has 9 heteroatoms. The van der Waals surface area contributed by atoms with Gasteiger partial charge in [0.05, 0.1) is 5.69 Å². The molecule has 0 spiro atoms. The summed E-state index contributed by atoms with van der Waals surface area (Å²) in [7, 11) is 0. The minimum absolute atomic E-state index is 0.150. The average Bonchev–Trinajstić information content (AvgIpc) is 3.27. The zero-order chi connectivity index (χ0) is 22.8. The normalized spacial score (nSPS) is 11.9. The molecule has 33 heavy (non-hydrogen) atoms. The van der Waals surface area contributed by atoms with Crippen molar-refractivity contribution < 1.29 is 19.0 Å². The molecule has 9 nitrogen and oxygen atoms in total. The standard InChI is InChI=1S/C24H20N4O5/c1-15-2-9-22-25-18(11-23(29)28(22)12-15)13-31-19-6-3-16(4-7-19)26-24(30)27-17-5-8-20-21(10-17)33-14-32-20/h2-12H,13-14H2,1H3,(H2,26,27,30). The molecule has 2 aromatic carbocycles. The molecule has 0 atom stereocenters. The molecule has 0 fully saturated rings. The van der Waals surface area contributed by atoms with Gasteiger partial charge in [-0.1, -0.05) is 6.07 Å². The number of hydrogen-bond acceptors (Lipinski definition) is 6. The summed E-state index contributed by atoms with van der Waals surface area (Å²) in [5, 5.41) is 5.51. The summed E-state index contributed by atoms with van der Waals surface area (Å²) in [5.74, 6) is 1.83. The molecule has 0 unspecified atom stereocenters. The van der Waals surface area contributed by atoms with Gasteiger partial charge >= 0.3 is 6.03 Å². The molecule has 2 N–H and O–H groups in total. The second kappa shape index (κ2) is 8.54. The van der Waals surface area contributed by atoms with Gasteiger partial charge in [-0.2, -0.15) is 0 Å². The number of nitrogens with one attached hydrogen (secondary N) is 2. The van der Waals surface area contributed by atoms with E-state index in [0.717, 1.165) is 5.56 Å². The number of fused-ring (bicyclic) bond motifs is 2. The Morgan fingerprint density at radius 1 is 1.00 bits per heavy atom. The number of rotatable bonds is 5. The van der Waals surface area contributed by atoms with Crippen LogP contribution in [0.4, 0.5) is 16.2 Å². The Hall–Kier alpha value is -4.53. The van der Waals surface area contributed by atoms with E-state index in [1.807, 2.05) is 13.0 Å². The minimum atomic E-state index is -0.390. The predicted molar refractivity (Wildman–Crippen MR) is 122 cm³/mol. The van der Waals surface area contributed by atoms with E-state index < -0.39 is 6.03 Å². The minimum Gasteiger partial charge on any atom is -0.487 e. The summed E-state index contributed by atoms with van der Waals surface area (Å²) in [5.41, 5.74) is 3.11. The summed E-state index contributed by atoms with van der Waals surface area (Å²) >= 11 is 0. The van der Waals surface area contributed by atoms with E-state index in [4.69, 9.17) is 14.2 Å². The number of nitrogens with zero attached hydrogens (tertiary/aromatic N) is 2. The van der Waals surface area contributed by atoms with Crippen LogP contribution in [0.5, 0.6) is 17.2 Å². The molecule has 0 saturated heterocycles. The van der Waals surface area contributed by atoms with Gasteiger partial charge < -0.3 is 24.8 Å². The Kier molecular flexibility index (Phi) is 5.27. The van der Waals surface area contributed by atoms with Crippen molar-refractivity contribution in [2.45, 2.75) is 13.5 Å². The molecule has 4 aromatic rings. The molecule has 5 rings (SSSR count). The molecule has 1 aliphatic heterocycles. The predicted octanol–water partition coefficient (Wildman–Crippen LogP) is 3.95. The molecular formula is C24H20N4O5. The molecule has 0 saturated carbocycles. The van der Waals surface area contributed by atoms with Crippen molar-refractivity contribution in [3.05, 3.63) is 88.5 Å². The molecule has 0 radical (unpaired) electrons. The number of aromatic nitrogens is 2. The maximum atomic E-state index is 12.3. The summed E-state index contributed by atoms with van der Waals surface area (Å²) in [4.78, 5) is 29.0. The van der Waals surface area contributed by atoms with E-state index in [-0.39, 0.29) is 19.0 Å². The van der Waals surface area contributed by atoms with E-state index in [2.05, 4.69) is 15.6 Å². The Bertz CT molecular complexity index is 1400. The Morgan fingerprint density at radius 3 is 2.61 bits per heavy atom. The van der Waals surface area contributed by atoms with Gasteiger partial charge in [-0.05, 0) is 55.0 Å². The van der Waals surface area contributed by atoms with Crippen LogP contribution in [0.25, 0.3) is 5.65 Å². The zero-order valence-corrected chi connectivity index (χ0v) is 17.7. The lowest BCUT2D eigenvalue weighted by atomic mass is 10.3.